The number of benzene rings is 1. The maximum Gasteiger partial charge on any atom is 0.367 e. The zero-order valence-electron chi connectivity index (χ0n) is 11.6. The zero-order chi connectivity index (χ0) is 15.4. The molecule has 0 aliphatic heterocycles. The third kappa shape index (κ3) is 3.38. The maximum atomic E-state index is 12.3. The molecule has 1 N–H and O–H groups in total. The minimum absolute atomic E-state index is 0.0673. The van der Waals surface area contributed by atoms with Crippen molar-refractivity contribution < 1.29 is 19.4 Å². The number of carbonyl (C=O) groups is 2. The van der Waals surface area contributed by atoms with E-state index >= 15 is 0 Å². The molecule has 0 fully saturated rings. The van der Waals surface area contributed by atoms with Gasteiger partial charge in [0.15, 0.2) is 0 Å². The minimum atomic E-state index is -0.540. The van der Waals surface area contributed by atoms with Gasteiger partial charge in [0.1, 0.15) is 11.4 Å². The van der Waals surface area contributed by atoms with Gasteiger partial charge in [-0.3, -0.25) is 4.79 Å². The van der Waals surface area contributed by atoms with Crippen LogP contribution in [-0.4, -0.2) is 35.6 Å². The van der Waals surface area contributed by atoms with Crippen LogP contribution in [0.3, 0.4) is 0 Å². The average Bonchev–Trinajstić information content (AvgIpc) is 2.96. The van der Waals surface area contributed by atoms with E-state index in [1.54, 1.807) is 26.1 Å². The van der Waals surface area contributed by atoms with Gasteiger partial charge >= 0.3 is 5.97 Å². The molecule has 1 heterocycles. The highest BCUT2D eigenvalue weighted by molar-refractivity contribution is 7.11. The summed E-state index contributed by atoms with van der Waals surface area (Å²) in [5.41, 5.74) is 0.694. The molecule has 0 bridgehead atoms. The molecule has 0 radical (unpaired) electrons. The second-order valence-electron chi connectivity index (χ2n) is 4.14. The Hall–Kier alpha value is -2.41. The van der Waals surface area contributed by atoms with Gasteiger partial charge in [-0.2, -0.15) is 0 Å². The fourth-order valence-corrected chi connectivity index (χ4v) is 2.33. The molecule has 2 rings (SSSR count). The highest BCUT2D eigenvalue weighted by Gasteiger charge is 2.20. The third-order valence-electron chi connectivity index (χ3n) is 2.70. The molecule has 1 aromatic heterocycles. The fourth-order valence-electron chi connectivity index (χ4n) is 1.65. The molecule has 21 heavy (non-hydrogen) atoms. The minimum Gasteiger partial charge on any atom is -0.508 e. The number of nitrogens with zero attached hydrogens (tertiary/aromatic N) is 2. The van der Waals surface area contributed by atoms with Crippen molar-refractivity contribution in [3.63, 3.8) is 0 Å². The average molecular weight is 306 g/mol. The monoisotopic (exact) mass is 306 g/mol. The number of carbonyl (C=O) groups excluding carboxylic acids is 2. The van der Waals surface area contributed by atoms with Crippen molar-refractivity contribution in [3.05, 3.63) is 40.3 Å². The number of aromatic hydroxyl groups is 1. The molecule has 0 atom stereocenters. The second kappa shape index (κ2) is 6.36. The van der Waals surface area contributed by atoms with E-state index in [1.807, 2.05) is 0 Å². The predicted octanol–water partition coefficient (Wildman–Crippen LogP) is 2.30. The molecule has 7 heteroatoms. The maximum absolute atomic E-state index is 12.3. The van der Waals surface area contributed by atoms with Gasteiger partial charge < -0.3 is 14.7 Å². The molecule has 2 aromatic rings. The summed E-state index contributed by atoms with van der Waals surface area (Å²) in [6, 6.07) is 6.32. The van der Waals surface area contributed by atoms with Crippen LogP contribution >= 0.6 is 11.3 Å². The summed E-state index contributed by atoms with van der Waals surface area (Å²) in [7, 11) is 1.57. The number of thiazole rings is 1. The topological polar surface area (TPSA) is 79.7 Å². The molecule has 0 spiro atoms. The van der Waals surface area contributed by atoms with Gasteiger partial charge in [0, 0.05) is 24.2 Å². The van der Waals surface area contributed by atoms with Gasteiger partial charge in [-0.1, -0.05) is 6.07 Å². The van der Waals surface area contributed by atoms with Crippen molar-refractivity contribution in [2.45, 2.75) is 6.92 Å². The number of aromatic nitrogens is 1. The van der Waals surface area contributed by atoms with Crippen LogP contribution in [-0.2, 0) is 4.74 Å². The smallest absolute Gasteiger partial charge is 0.367 e. The van der Waals surface area contributed by atoms with Crippen molar-refractivity contribution in [3.8, 4) is 5.75 Å². The van der Waals surface area contributed by atoms with Gasteiger partial charge in [0.05, 0.1) is 6.61 Å². The van der Waals surface area contributed by atoms with Gasteiger partial charge in [-0.25, -0.2) is 9.78 Å². The summed E-state index contributed by atoms with van der Waals surface area (Å²) >= 11 is 1.06. The highest BCUT2D eigenvalue weighted by Crippen LogP contribution is 2.21. The molecule has 1 amide bonds. The van der Waals surface area contributed by atoms with Crippen molar-refractivity contribution in [2.75, 3.05) is 18.6 Å². The Morgan fingerprint density at radius 1 is 1.43 bits per heavy atom. The van der Waals surface area contributed by atoms with E-state index < -0.39 is 5.97 Å². The summed E-state index contributed by atoms with van der Waals surface area (Å²) < 4.78 is 4.83. The Kier molecular flexibility index (Phi) is 4.54. The summed E-state index contributed by atoms with van der Waals surface area (Å²) in [6.07, 6.45) is 0. The Morgan fingerprint density at radius 2 is 2.19 bits per heavy atom. The summed E-state index contributed by atoms with van der Waals surface area (Å²) in [5, 5.41) is 11.1. The van der Waals surface area contributed by atoms with Crippen LogP contribution in [0.1, 0.15) is 27.2 Å². The number of phenolic OH excluding ortho intramolecular Hbond substituents is 1. The predicted molar refractivity (Wildman–Crippen MR) is 78.9 cm³/mol. The molecule has 0 unspecified atom stereocenters. The van der Waals surface area contributed by atoms with Crippen LogP contribution in [0.2, 0.25) is 0 Å². The second-order valence-corrected chi connectivity index (χ2v) is 5.00. The van der Waals surface area contributed by atoms with E-state index in [0.717, 1.165) is 11.3 Å². The number of amides is 1. The largest absolute Gasteiger partial charge is 0.508 e. The van der Waals surface area contributed by atoms with Crippen molar-refractivity contribution in [1.82, 2.24) is 4.98 Å². The molecular formula is C14H14N2O4S. The Bertz CT molecular complexity index is 668. The van der Waals surface area contributed by atoms with Crippen LogP contribution in [0.4, 0.5) is 5.69 Å². The molecule has 110 valence electrons. The van der Waals surface area contributed by atoms with Crippen LogP contribution in [0.25, 0.3) is 0 Å². The van der Waals surface area contributed by atoms with E-state index in [9.17, 15) is 14.7 Å². The van der Waals surface area contributed by atoms with E-state index in [2.05, 4.69) is 4.98 Å². The number of hydrogen-bond acceptors (Lipinski definition) is 6. The van der Waals surface area contributed by atoms with Crippen LogP contribution < -0.4 is 4.90 Å². The lowest BCUT2D eigenvalue weighted by molar-refractivity contribution is 0.0526. The fraction of sp³-hybridized carbons (Fsp3) is 0.214. The van der Waals surface area contributed by atoms with Gasteiger partial charge in [-0.05, 0) is 19.1 Å². The van der Waals surface area contributed by atoms with Gasteiger partial charge in [0.25, 0.3) is 5.91 Å². The van der Waals surface area contributed by atoms with E-state index in [0.29, 0.717) is 5.69 Å². The third-order valence-corrected chi connectivity index (χ3v) is 3.52. The van der Waals surface area contributed by atoms with Crippen LogP contribution in [0.5, 0.6) is 5.75 Å². The standard InChI is InChI=1S/C14H14N2O4S/c1-3-20-14(19)12-15-11(8-21-12)13(18)16(2)9-5-4-6-10(17)7-9/h4-8,17H,3H2,1-2H3. The quantitative estimate of drug-likeness (QED) is 0.877. The zero-order valence-corrected chi connectivity index (χ0v) is 12.4. The first-order chi connectivity index (χ1) is 10.0. The first-order valence-corrected chi connectivity index (χ1v) is 7.10. The number of anilines is 1. The Balaban J connectivity index is 2.18. The van der Waals surface area contributed by atoms with Gasteiger partial charge in [0.2, 0.25) is 5.01 Å². The van der Waals surface area contributed by atoms with Crippen molar-refractivity contribution in [2.24, 2.45) is 0 Å². The summed E-state index contributed by atoms with van der Waals surface area (Å²) in [5.74, 6) is -0.841. The molecule has 0 aliphatic carbocycles. The number of esters is 1. The van der Waals surface area contributed by atoms with Gasteiger partial charge in [-0.15, -0.1) is 11.3 Å². The number of ether oxygens (including phenoxy) is 1. The summed E-state index contributed by atoms with van der Waals surface area (Å²) in [4.78, 5) is 29.2. The van der Waals surface area contributed by atoms with E-state index in [-0.39, 0.29) is 29.0 Å². The van der Waals surface area contributed by atoms with E-state index in [1.165, 1.54) is 22.4 Å². The molecule has 0 saturated heterocycles. The normalized spacial score (nSPS) is 10.2. The molecule has 6 nitrogen and oxygen atoms in total. The number of phenols is 1. The van der Waals surface area contributed by atoms with Crippen molar-refractivity contribution >= 4 is 28.9 Å². The lowest BCUT2D eigenvalue weighted by Gasteiger charge is -2.16. The number of rotatable bonds is 4. The lowest BCUT2D eigenvalue weighted by Crippen LogP contribution is -2.26. The van der Waals surface area contributed by atoms with Crippen LogP contribution in [0.15, 0.2) is 29.6 Å². The van der Waals surface area contributed by atoms with Crippen LogP contribution in [0, 0.1) is 0 Å². The molecular weight excluding hydrogens is 292 g/mol. The molecule has 0 aliphatic rings. The molecule has 0 saturated carbocycles. The SMILES string of the molecule is CCOC(=O)c1nc(C(=O)N(C)c2cccc(O)c2)cs1. The van der Waals surface area contributed by atoms with Crippen molar-refractivity contribution in [1.29, 1.82) is 0 Å². The Labute approximate surface area is 125 Å². The Morgan fingerprint density at radius 3 is 2.86 bits per heavy atom. The highest BCUT2D eigenvalue weighted by atomic mass is 32.1. The number of hydrogen-bond donors (Lipinski definition) is 1. The van der Waals surface area contributed by atoms with E-state index in [4.69, 9.17) is 4.74 Å². The first-order valence-electron chi connectivity index (χ1n) is 6.22. The first kappa shape index (κ1) is 15.0. The molecule has 1 aromatic carbocycles. The summed E-state index contributed by atoms with van der Waals surface area (Å²) in [6.45, 7) is 1.96. The lowest BCUT2D eigenvalue weighted by atomic mass is 10.2.